The fourth-order valence-corrected chi connectivity index (χ4v) is 4.22. The summed E-state index contributed by atoms with van der Waals surface area (Å²) in [6.45, 7) is 6.10. The first-order valence-electron chi connectivity index (χ1n) is 11.2. The third-order valence-corrected chi connectivity index (χ3v) is 5.88. The zero-order valence-electron chi connectivity index (χ0n) is 19.3. The number of carbonyl (C=O) groups is 2. The van der Waals surface area contributed by atoms with Gasteiger partial charge in [-0.15, -0.1) is 0 Å². The van der Waals surface area contributed by atoms with Crippen LogP contribution in [0.4, 0.5) is 11.8 Å². The van der Waals surface area contributed by atoms with Crippen LogP contribution in [0.15, 0.2) is 42.1 Å². The van der Waals surface area contributed by atoms with Crippen molar-refractivity contribution >= 4 is 29.3 Å². The molecule has 9 nitrogen and oxygen atoms in total. The number of allylic oxidation sites excluding steroid dienone is 2. The van der Waals surface area contributed by atoms with E-state index in [4.69, 9.17) is 10.7 Å². The van der Waals surface area contributed by atoms with Crippen LogP contribution in [0.1, 0.15) is 53.1 Å². The van der Waals surface area contributed by atoms with Gasteiger partial charge in [0.15, 0.2) is 11.5 Å². The van der Waals surface area contributed by atoms with Gasteiger partial charge in [0.2, 0.25) is 5.95 Å². The number of anilines is 2. The number of piperidine rings is 1. The summed E-state index contributed by atoms with van der Waals surface area (Å²) in [4.78, 5) is 32.5. The van der Waals surface area contributed by atoms with Gasteiger partial charge in [0.25, 0.3) is 11.8 Å². The van der Waals surface area contributed by atoms with Gasteiger partial charge in [-0.1, -0.05) is 29.8 Å². The van der Waals surface area contributed by atoms with Crippen molar-refractivity contribution in [1.29, 1.82) is 0 Å². The molecule has 2 aromatic rings. The monoisotopic (exact) mass is 449 g/mol. The van der Waals surface area contributed by atoms with Crippen molar-refractivity contribution in [2.24, 2.45) is 5.73 Å². The topological polar surface area (TPSA) is 117 Å². The second kappa shape index (κ2) is 9.50. The number of imidazole rings is 1. The van der Waals surface area contributed by atoms with E-state index < -0.39 is 0 Å². The summed E-state index contributed by atoms with van der Waals surface area (Å²) >= 11 is 0. The van der Waals surface area contributed by atoms with Crippen LogP contribution in [0.3, 0.4) is 0 Å². The Morgan fingerprint density at radius 1 is 1.30 bits per heavy atom. The van der Waals surface area contributed by atoms with Gasteiger partial charge in [-0.2, -0.15) is 4.98 Å². The van der Waals surface area contributed by atoms with Crippen LogP contribution < -0.4 is 26.6 Å². The van der Waals surface area contributed by atoms with Crippen LogP contribution in [0.5, 0.6) is 0 Å². The fraction of sp³-hybridized carbons (Fsp3) is 0.375. The zero-order chi connectivity index (χ0) is 23.5. The number of nitrogens with zero attached hydrogens (tertiary/aromatic N) is 3. The smallest absolute Gasteiger partial charge is 0.275 e. The third kappa shape index (κ3) is 4.63. The van der Waals surface area contributed by atoms with Crippen LogP contribution in [-0.2, 0) is 6.54 Å². The zero-order valence-corrected chi connectivity index (χ0v) is 19.3. The lowest BCUT2D eigenvalue weighted by atomic mass is 10.1. The Hall–Kier alpha value is -3.59. The Morgan fingerprint density at radius 3 is 2.76 bits per heavy atom. The Morgan fingerprint density at radius 2 is 2.06 bits per heavy atom. The van der Waals surface area contributed by atoms with Crippen molar-refractivity contribution in [3.05, 3.63) is 58.9 Å². The summed E-state index contributed by atoms with van der Waals surface area (Å²) in [5, 5.41) is 8.72. The lowest BCUT2D eigenvalue weighted by Gasteiger charge is -2.32. The number of amides is 2. The van der Waals surface area contributed by atoms with Gasteiger partial charge in [-0.05, 0) is 32.8 Å². The molecule has 174 valence electrons. The molecule has 33 heavy (non-hydrogen) atoms. The van der Waals surface area contributed by atoms with Crippen molar-refractivity contribution in [2.75, 3.05) is 30.4 Å². The quantitative estimate of drug-likeness (QED) is 0.503. The van der Waals surface area contributed by atoms with Gasteiger partial charge in [0.05, 0.1) is 5.70 Å². The van der Waals surface area contributed by atoms with Crippen LogP contribution in [0.25, 0.3) is 5.70 Å². The Labute approximate surface area is 193 Å². The summed E-state index contributed by atoms with van der Waals surface area (Å²) in [7, 11) is 1.75. The number of benzene rings is 1. The van der Waals surface area contributed by atoms with Crippen molar-refractivity contribution in [1.82, 2.24) is 20.2 Å². The van der Waals surface area contributed by atoms with Gasteiger partial charge in [-0.25, -0.2) is 0 Å². The van der Waals surface area contributed by atoms with Gasteiger partial charge >= 0.3 is 0 Å². The molecule has 3 heterocycles. The molecule has 0 spiro atoms. The molecule has 1 atom stereocenters. The number of nitrogens with one attached hydrogen (secondary N) is 3. The van der Waals surface area contributed by atoms with E-state index >= 15 is 0 Å². The standard InChI is InChI=1S/C24H31N7O2/c1-15(2)10-12-31-20(21(26-3)29-24(31)30-11-6-7-16(25)14-30)23(33)27-13-19-17-8-4-5-9-18(17)22(32)28-19/h4-5,8-10,13,16,26H,6-7,11-12,14,25H2,1-3H3,(H,27,33)(H,28,32)/b19-13-. The van der Waals surface area contributed by atoms with E-state index in [1.807, 2.05) is 36.6 Å². The van der Waals surface area contributed by atoms with Crippen molar-refractivity contribution < 1.29 is 9.59 Å². The summed E-state index contributed by atoms with van der Waals surface area (Å²) in [5.74, 6) is 0.731. The van der Waals surface area contributed by atoms with Crippen molar-refractivity contribution in [3.8, 4) is 0 Å². The maximum Gasteiger partial charge on any atom is 0.275 e. The normalized spacial score (nSPS) is 18.7. The lowest BCUT2D eigenvalue weighted by Crippen LogP contribution is -2.44. The van der Waals surface area contributed by atoms with Crippen molar-refractivity contribution in [2.45, 2.75) is 39.3 Å². The first-order chi connectivity index (χ1) is 15.9. The number of hydrogen-bond acceptors (Lipinski definition) is 6. The highest BCUT2D eigenvalue weighted by Crippen LogP contribution is 2.27. The number of rotatable bonds is 6. The number of carbonyl (C=O) groups excluding carboxylic acids is 2. The molecule has 4 rings (SSSR count). The molecule has 1 unspecified atom stereocenters. The molecule has 1 fully saturated rings. The van der Waals surface area contributed by atoms with Crippen LogP contribution >= 0.6 is 0 Å². The van der Waals surface area contributed by atoms with Crippen LogP contribution in [-0.4, -0.2) is 47.5 Å². The van der Waals surface area contributed by atoms with E-state index in [-0.39, 0.29) is 17.9 Å². The van der Waals surface area contributed by atoms with E-state index in [0.29, 0.717) is 35.9 Å². The molecule has 2 aliphatic heterocycles. The molecular weight excluding hydrogens is 418 g/mol. The molecule has 0 radical (unpaired) electrons. The van der Waals surface area contributed by atoms with Gasteiger partial charge in [-0.3, -0.25) is 9.59 Å². The second-order valence-electron chi connectivity index (χ2n) is 8.63. The minimum atomic E-state index is -0.312. The summed E-state index contributed by atoms with van der Waals surface area (Å²) in [5.41, 5.74) is 9.70. The average Bonchev–Trinajstić information content (AvgIpc) is 3.34. The molecule has 1 aromatic carbocycles. The predicted octanol–water partition coefficient (Wildman–Crippen LogP) is 2.29. The first-order valence-corrected chi connectivity index (χ1v) is 11.2. The van der Waals surface area contributed by atoms with Gasteiger partial charge in [0, 0.05) is 50.1 Å². The SMILES string of the molecule is CNc1nc(N2CCCC(N)C2)n(CC=C(C)C)c1C(=O)N/C=C1\NC(=O)c2ccccc21. The number of fused-ring (bicyclic) bond motifs is 1. The largest absolute Gasteiger partial charge is 0.371 e. The summed E-state index contributed by atoms with van der Waals surface area (Å²) in [6, 6.07) is 7.36. The molecule has 9 heteroatoms. The second-order valence-corrected chi connectivity index (χ2v) is 8.63. The highest BCUT2D eigenvalue weighted by Gasteiger charge is 2.28. The highest BCUT2D eigenvalue weighted by atomic mass is 16.2. The van der Waals surface area contributed by atoms with Gasteiger partial charge in [0.1, 0.15) is 0 Å². The summed E-state index contributed by atoms with van der Waals surface area (Å²) in [6.07, 6.45) is 5.58. The molecule has 0 saturated carbocycles. The minimum Gasteiger partial charge on any atom is -0.371 e. The molecule has 1 saturated heterocycles. The van der Waals surface area contributed by atoms with E-state index in [1.54, 1.807) is 19.3 Å². The van der Waals surface area contributed by atoms with E-state index in [9.17, 15) is 9.59 Å². The first kappa shape index (κ1) is 22.6. The predicted molar refractivity (Wildman–Crippen MR) is 130 cm³/mol. The minimum absolute atomic E-state index is 0.0819. The molecule has 2 aliphatic rings. The molecule has 0 aliphatic carbocycles. The Kier molecular flexibility index (Phi) is 6.50. The van der Waals surface area contributed by atoms with Crippen LogP contribution in [0, 0.1) is 0 Å². The molecule has 0 bridgehead atoms. The summed E-state index contributed by atoms with van der Waals surface area (Å²) < 4.78 is 1.92. The molecule has 2 amide bonds. The average molecular weight is 450 g/mol. The third-order valence-electron chi connectivity index (χ3n) is 5.88. The number of nitrogens with two attached hydrogens (primary N) is 1. The Balaban J connectivity index is 1.68. The molecule has 1 aromatic heterocycles. The Bertz CT molecular complexity index is 1130. The van der Waals surface area contributed by atoms with Crippen LogP contribution in [0.2, 0.25) is 0 Å². The van der Waals surface area contributed by atoms with Gasteiger partial charge < -0.3 is 31.2 Å². The molecule has 5 N–H and O–H groups in total. The molecular formula is C24H31N7O2. The van der Waals surface area contributed by atoms with E-state index in [2.05, 4.69) is 26.9 Å². The fourth-order valence-electron chi connectivity index (χ4n) is 4.22. The number of hydrogen-bond donors (Lipinski definition) is 4. The van der Waals surface area contributed by atoms with E-state index in [0.717, 1.165) is 36.5 Å². The highest BCUT2D eigenvalue weighted by molar-refractivity contribution is 6.09. The van der Waals surface area contributed by atoms with E-state index in [1.165, 1.54) is 0 Å². The maximum atomic E-state index is 13.4. The lowest BCUT2D eigenvalue weighted by molar-refractivity contribution is 0.0956. The van der Waals surface area contributed by atoms with Crippen molar-refractivity contribution in [3.63, 3.8) is 0 Å². The number of aromatic nitrogens is 2. The maximum absolute atomic E-state index is 13.4.